The Morgan fingerprint density at radius 1 is 1.15 bits per heavy atom. The Hall–Kier alpha value is -3.22. The minimum Gasteiger partial charge on any atom is -0.378 e. The maximum atomic E-state index is 14.0. The highest BCUT2D eigenvalue weighted by Crippen LogP contribution is 2.32. The molecule has 1 atom stereocenters. The quantitative estimate of drug-likeness (QED) is 0.708. The topological polar surface area (TPSA) is 62.5 Å². The van der Waals surface area contributed by atoms with Gasteiger partial charge >= 0.3 is 0 Å². The van der Waals surface area contributed by atoms with Crippen LogP contribution in [0.3, 0.4) is 0 Å². The van der Waals surface area contributed by atoms with E-state index >= 15 is 0 Å². The van der Waals surface area contributed by atoms with Crippen molar-refractivity contribution in [3.63, 3.8) is 0 Å². The summed E-state index contributed by atoms with van der Waals surface area (Å²) in [5.41, 5.74) is 2.17. The molecule has 1 aromatic heterocycles. The molecule has 0 bridgehead atoms. The third-order valence-corrected chi connectivity index (χ3v) is 4.71. The van der Waals surface area contributed by atoms with Gasteiger partial charge in [-0.1, -0.05) is 17.3 Å². The summed E-state index contributed by atoms with van der Waals surface area (Å²) in [7, 11) is 3.94. The molecule has 27 heavy (non-hydrogen) atoms. The van der Waals surface area contributed by atoms with Gasteiger partial charge in [0.25, 0.3) is 5.89 Å². The molecule has 1 amide bonds. The monoisotopic (exact) mass is 366 g/mol. The summed E-state index contributed by atoms with van der Waals surface area (Å²) in [5.74, 6) is 0.0877. The molecule has 6 nitrogen and oxygen atoms in total. The van der Waals surface area contributed by atoms with Gasteiger partial charge in [-0.05, 0) is 36.4 Å². The normalized spacial score (nSPS) is 16.8. The SMILES string of the molecule is CN(C)c1ccc(-c2nc(C3CC(=O)N(c4ccccc4F)C3)no2)cc1. The van der Waals surface area contributed by atoms with Crippen LogP contribution in [0.5, 0.6) is 0 Å². The van der Waals surface area contributed by atoms with E-state index in [4.69, 9.17) is 4.52 Å². The number of para-hydroxylation sites is 1. The van der Waals surface area contributed by atoms with Crippen LogP contribution < -0.4 is 9.80 Å². The van der Waals surface area contributed by atoms with Crippen molar-refractivity contribution >= 4 is 17.3 Å². The summed E-state index contributed by atoms with van der Waals surface area (Å²) in [5, 5.41) is 4.05. The fourth-order valence-electron chi connectivity index (χ4n) is 3.20. The van der Waals surface area contributed by atoms with E-state index in [2.05, 4.69) is 10.1 Å². The van der Waals surface area contributed by atoms with Crippen LogP contribution >= 0.6 is 0 Å². The number of hydrogen-bond acceptors (Lipinski definition) is 5. The van der Waals surface area contributed by atoms with Crippen molar-refractivity contribution in [2.45, 2.75) is 12.3 Å². The van der Waals surface area contributed by atoms with Crippen molar-refractivity contribution in [1.82, 2.24) is 10.1 Å². The summed E-state index contributed by atoms with van der Waals surface area (Å²) in [6.07, 6.45) is 0.229. The number of benzene rings is 2. The molecule has 3 aromatic rings. The van der Waals surface area contributed by atoms with Crippen LogP contribution in [0.4, 0.5) is 15.8 Å². The molecule has 0 spiro atoms. The zero-order valence-electron chi connectivity index (χ0n) is 15.1. The van der Waals surface area contributed by atoms with E-state index in [9.17, 15) is 9.18 Å². The molecule has 0 radical (unpaired) electrons. The Bertz CT molecular complexity index is 968. The maximum absolute atomic E-state index is 14.0. The first-order valence-corrected chi connectivity index (χ1v) is 8.69. The lowest BCUT2D eigenvalue weighted by Gasteiger charge is -2.16. The second-order valence-corrected chi connectivity index (χ2v) is 6.76. The Morgan fingerprint density at radius 3 is 2.59 bits per heavy atom. The Balaban J connectivity index is 1.54. The number of aromatic nitrogens is 2. The van der Waals surface area contributed by atoms with Crippen molar-refractivity contribution in [3.8, 4) is 11.5 Å². The second kappa shape index (κ2) is 6.83. The number of carbonyl (C=O) groups is 1. The first-order chi connectivity index (χ1) is 13.0. The molecule has 1 saturated heterocycles. The molecule has 7 heteroatoms. The molecule has 0 N–H and O–H groups in total. The van der Waals surface area contributed by atoms with Gasteiger partial charge in [-0.15, -0.1) is 0 Å². The largest absolute Gasteiger partial charge is 0.378 e. The Kier molecular flexibility index (Phi) is 4.35. The zero-order chi connectivity index (χ0) is 19.0. The fraction of sp³-hybridized carbons (Fsp3) is 0.250. The number of nitrogens with zero attached hydrogens (tertiary/aromatic N) is 4. The first-order valence-electron chi connectivity index (χ1n) is 8.69. The van der Waals surface area contributed by atoms with Crippen LogP contribution in [-0.2, 0) is 4.79 Å². The van der Waals surface area contributed by atoms with Gasteiger partial charge in [-0.25, -0.2) is 4.39 Å². The van der Waals surface area contributed by atoms with Crippen LogP contribution in [0.1, 0.15) is 18.2 Å². The van der Waals surface area contributed by atoms with Crippen LogP contribution in [0.15, 0.2) is 53.1 Å². The molecule has 1 aliphatic rings. The fourth-order valence-corrected chi connectivity index (χ4v) is 3.20. The summed E-state index contributed by atoms with van der Waals surface area (Å²) in [6, 6.07) is 14.0. The van der Waals surface area contributed by atoms with Crippen LogP contribution in [0.25, 0.3) is 11.5 Å². The van der Waals surface area contributed by atoms with Crippen molar-refractivity contribution in [2.75, 3.05) is 30.4 Å². The van der Waals surface area contributed by atoms with Gasteiger partial charge in [0.2, 0.25) is 5.91 Å². The van der Waals surface area contributed by atoms with E-state index in [1.165, 1.54) is 11.0 Å². The van der Waals surface area contributed by atoms with Gasteiger partial charge in [-0.3, -0.25) is 4.79 Å². The molecule has 4 rings (SSSR count). The van der Waals surface area contributed by atoms with Gasteiger partial charge in [0, 0.05) is 44.2 Å². The zero-order valence-corrected chi connectivity index (χ0v) is 15.1. The highest BCUT2D eigenvalue weighted by molar-refractivity contribution is 5.96. The summed E-state index contributed by atoms with van der Waals surface area (Å²) < 4.78 is 19.4. The lowest BCUT2D eigenvalue weighted by molar-refractivity contribution is -0.117. The van der Waals surface area contributed by atoms with Crippen LogP contribution in [0, 0.1) is 5.82 Å². The molecule has 1 aliphatic heterocycles. The van der Waals surface area contributed by atoms with Crippen molar-refractivity contribution in [3.05, 3.63) is 60.2 Å². The highest BCUT2D eigenvalue weighted by Gasteiger charge is 2.35. The molecule has 2 aromatic carbocycles. The highest BCUT2D eigenvalue weighted by atomic mass is 19.1. The number of rotatable bonds is 4. The molecule has 0 aliphatic carbocycles. The Morgan fingerprint density at radius 2 is 1.89 bits per heavy atom. The van der Waals surface area contributed by atoms with Gasteiger partial charge < -0.3 is 14.3 Å². The number of amides is 1. The lowest BCUT2D eigenvalue weighted by Crippen LogP contribution is -2.25. The van der Waals surface area contributed by atoms with Crippen molar-refractivity contribution in [1.29, 1.82) is 0 Å². The predicted octanol–water partition coefficient (Wildman–Crippen LogP) is 3.46. The molecular formula is C20H19FN4O2. The Labute approximate surface area is 156 Å². The van der Waals surface area contributed by atoms with Crippen molar-refractivity contribution in [2.24, 2.45) is 0 Å². The number of hydrogen-bond donors (Lipinski definition) is 0. The molecule has 1 unspecified atom stereocenters. The average Bonchev–Trinajstić information content (AvgIpc) is 3.29. The summed E-state index contributed by atoms with van der Waals surface area (Å²) in [4.78, 5) is 20.3. The van der Waals surface area contributed by atoms with E-state index in [-0.39, 0.29) is 23.9 Å². The minimum atomic E-state index is -0.415. The molecule has 0 saturated carbocycles. The van der Waals surface area contributed by atoms with Gasteiger partial charge in [-0.2, -0.15) is 4.98 Å². The molecular weight excluding hydrogens is 347 g/mol. The molecule has 138 valence electrons. The number of halogens is 1. The third kappa shape index (κ3) is 3.28. The summed E-state index contributed by atoms with van der Waals surface area (Å²) in [6.45, 7) is 0.332. The number of carbonyl (C=O) groups excluding carboxylic acids is 1. The first kappa shape index (κ1) is 17.2. The van der Waals surface area contributed by atoms with E-state index in [0.29, 0.717) is 18.3 Å². The van der Waals surface area contributed by atoms with Gasteiger partial charge in [0.15, 0.2) is 5.82 Å². The average molecular weight is 366 g/mol. The van der Waals surface area contributed by atoms with E-state index in [0.717, 1.165) is 11.3 Å². The minimum absolute atomic E-state index is 0.146. The standard InChI is InChI=1S/C20H19FN4O2/c1-24(2)15-9-7-13(8-10-15)20-22-19(23-27-20)14-11-18(26)25(12-14)17-6-4-3-5-16(17)21/h3-10,14H,11-12H2,1-2H3. The predicted molar refractivity (Wildman–Crippen MR) is 100 cm³/mol. The van der Waals surface area contributed by atoms with Crippen molar-refractivity contribution < 1.29 is 13.7 Å². The molecule has 2 heterocycles. The second-order valence-electron chi connectivity index (χ2n) is 6.76. The molecule has 1 fully saturated rings. The van der Waals surface area contributed by atoms with Crippen LogP contribution in [-0.4, -0.2) is 36.7 Å². The maximum Gasteiger partial charge on any atom is 0.257 e. The van der Waals surface area contributed by atoms with Gasteiger partial charge in [0.05, 0.1) is 5.69 Å². The van der Waals surface area contributed by atoms with E-state index < -0.39 is 5.82 Å². The van der Waals surface area contributed by atoms with E-state index in [1.54, 1.807) is 18.2 Å². The number of anilines is 2. The summed E-state index contributed by atoms with van der Waals surface area (Å²) >= 11 is 0. The van der Waals surface area contributed by atoms with Crippen LogP contribution in [0.2, 0.25) is 0 Å². The van der Waals surface area contributed by atoms with E-state index in [1.807, 2.05) is 43.3 Å². The smallest absolute Gasteiger partial charge is 0.257 e. The third-order valence-electron chi connectivity index (χ3n) is 4.71. The van der Waals surface area contributed by atoms with Gasteiger partial charge in [0.1, 0.15) is 5.82 Å². The lowest BCUT2D eigenvalue weighted by atomic mass is 10.1.